The first kappa shape index (κ1) is 12.4. The number of rotatable bonds is 7. The molecule has 1 nitrogen and oxygen atoms in total. The van der Waals surface area contributed by atoms with Gasteiger partial charge < -0.3 is 4.74 Å². The van der Waals surface area contributed by atoms with Crippen molar-refractivity contribution in [1.82, 2.24) is 0 Å². The van der Waals surface area contributed by atoms with Gasteiger partial charge in [-0.3, -0.25) is 0 Å². The molecule has 0 heterocycles. The minimum absolute atomic E-state index is 0.0130. The summed E-state index contributed by atoms with van der Waals surface area (Å²) in [5, 5.41) is 0. The van der Waals surface area contributed by atoms with Crippen LogP contribution in [-0.4, -0.2) is 30.4 Å². The van der Waals surface area contributed by atoms with E-state index >= 15 is 0 Å². The van der Waals surface area contributed by atoms with E-state index in [0.717, 1.165) is 12.8 Å². The van der Waals surface area contributed by atoms with Gasteiger partial charge in [0.05, 0.1) is 8.80 Å². The Morgan fingerprint density at radius 2 is 1.58 bits per heavy atom. The van der Waals surface area contributed by atoms with Gasteiger partial charge in [0, 0.05) is 21.6 Å². The Balaban J connectivity index is 2.91. The molecule has 0 aliphatic carbocycles. The van der Waals surface area contributed by atoms with Crippen molar-refractivity contribution < 1.29 is 4.74 Å². The van der Waals surface area contributed by atoms with Crippen LogP contribution in [0.3, 0.4) is 0 Å². The van der Waals surface area contributed by atoms with E-state index in [-0.39, 0.29) is 17.6 Å². The van der Waals surface area contributed by atoms with Gasteiger partial charge in [-0.1, -0.05) is 38.7 Å². The van der Waals surface area contributed by atoms with E-state index in [9.17, 15) is 0 Å². The molecule has 0 amide bonds. The molecule has 3 heteroatoms. The highest BCUT2D eigenvalue weighted by atomic mass is 28.3. The van der Waals surface area contributed by atoms with Crippen molar-refractivity contribution in [3.05, 3.63) is 0 Å². The zero-order valence-corrected chi connectivity index (χ0v) is 10.9. The number of unbranched alkanes of at least 4 members (excludes halogenated alkanes) is 1. The molecule has 0 aliphatic rings. The first-order valence-electron chi connectivity index (χ1n) is 4.78. The summed E-state index contributed by atoms with van der Waals surface area (Å²) in [6, 6.07) is 1.45. The summed E-state index contributed by atoms with van der Waals surface area (Å²) in [4.78, 5) is 0. The van der Waals surface area contributed by atoms with E-state index in [1.807, 2.05) is 0 Å². The fourth-order valence-electron chi connectivity index (χ4n) is 0.959. The Bertz CT molecular complexity index is 82.5. The van der Waals surface area contributed by atoms with Crippen LogP contribution in [-0.2, 0) is 4.74 Å². The smallest absolute Gasteiger partial charge is 0.0741 e. The lowest BCUT2D eigenvalue weighted by atomic mass is 10.4. The third-order valence-electron chi connectivity index (χ3n) is 1.61. The SMILES string of the molecule is C[Si](C)CCCCOC[Si](C)C. The minimum atomic E-state index is -0.154. The van der Waals surface area contributed by atoms with E-state index < -0.39 is 0 Å². The third kappa shape index (κ3) is 10.4. The molecule has 2 radical (unpaired) electrons. The van der Waals surface area contributed by atoms with Crippen molar-refractivity contribution in [3.63, 3.8) is 0 Å². The van der Waals surface area contributed by atoms with E-state index in [4.69, 9.17) is 4.74 Å². The molecule has 0 aliphatic heterocycles. The fraction of sp³-hybridized carbons (Fsp3) is 1.00. The van der Waals surface area contributed by atoms with Gasteiger partial charge >= 0.3 is 0 Å². The quantitative estimate of drug-likeness (QED) is 0.456. The van der Waals surface area contributed by atoms with Gasteiger partial charge in [0.2, 0.25) is 0 Å². The van der Waals surface area contributed by atoms with Gasteiger partial charge in [-0.25, -0.2) is 0 Å². The molecule has 0 spiro atoms. The lowest BCUT2D eigenvalue weighted by Crippen LogP contribution is -2.12. The molecule has 12 heavy (non-hydrogen) atoms. The van der Waals surface area contributed by atoms with Crippen molar-refractivity contribution in [3.8, 4) is 0 Å². The summed E-state index contributed by atoms with van der Waals surface area (Å²) in [5.41, 5.74) is 0. The second kappa shape index (κ2) is 8.01. The highest BCUT2D eigenvalue weighted by Gasteiger charge is 1.97. The van der Waals surface area contributed by atoms with Crippen molar-refractivity contribution in [2.45, 2.75) is 45.1 Å². The summed E-state index contributed by atoms with van der Waals surface area (Å²) in [6.45, 7) is 10.3. The molecule has 72 valence electrons. The average molecular weight is 202 g/mol. The zero-order valence-electron chi connectivity index (χ0n) is 8.94. The van der Waals surface area contributed by atoms with E-state index in [2.05, 4.69) is 26.2 Å². The average Bonchev–Trinajstić information content (AvgIpc) is 1.95. The lowest BCUT2D eigenvalue weighted by Gasteiger charge is -2.06. The summed E-state index contributed by atoms with van der Waals surface area (Å²) >= 11 is 0. The molecule has 0 bridgehead atoms. The van der Waals surface area contributed by atoms with E-state index in [0.29, 0.717) is 0 Å². The Hall–Kier alpha value is 0.394. The van der Waals surface area contributed by atoms with Crippen LogP contribution in [0.2, 0.25) is 32.2 Å². The molecule has 0 aromatic heterocycles. The molecule has 0 saturated heterocycles. The molecule has 0 atom stereocenters. The topological polar surface area (TPSA) is 9.23 Å². The third-order valence-corrected chi connectivity index (χ3v) is 3.74. The normalized spacial score (nSPS) is 11.5. The predicted molar refractivity (Wildman–Crippen MR) is 59.8 cm³/mol. The van der Waals surface area contributed by atoms with E-state index in [1.54, 1.807) is 0 Å². The molecule has 0 unspecified atom stereocenters. The predicted octanol–water partition coefficient (Wildman–Crippen LogP) is 2.83. The van der Waals surface area contributed by atoms with Crippen LogP contribution < -0.4 is 0 Å². The van der Waals surface area contributed by atoms with Gasteiger partial charge in [-0.2, -0.15) is 0 Å². The van der Waals surface area contributed by atoms with Crippen molar-refractivity contribution in [2.75, 3.05) is 12.8 Å². The molecular formula is C9H22OSi2. The number of ether oxygens (including phenoxy) is 1. The van der Waals surface area contributed by atoms with Crippen LogP contribution in [0.5, 0.6) is 0 Å². The van der Waals surface area contributed by atoms with Crippen LogP contribution in [0.15, 0.2) is 0 Å². The van der Waals surface area contributed by atoms with Crippen LogP contribution in [0.1, 0.15) is 12.8 Å². The lowest BCUT2D eigenvalue weighted by molar-refractivity contribution is 0.171. The Morgan fingerprint density at radius 3 is 2.08 bits per heavy atom. The van der Waals surface area contributed by atoms with Gasteiger partial charge in [0.25, 0.3) is 0 Å². The highest BCUT2D eigenvalue weighted by molar-refractivity contribution is 6.55. The first-order chi connectivity index (χ1) is 5.63. The van der Waals surface area contributed by atoms with Crippen molar-refractivity contribution >= 4 is 17.6 Å². The second-order valence-electron chi connectivity index (χ2n) is 3.92. The van der Waals surface area contributed by atoms with Gasteiger partial charge in [-0.15, -0.1) is 0 Å². The zero-order chi connectivity index (χ0) is 9.40. The maximum atomic E-state index is 5.53. The summed E-state index contributed by atoms with van der Waals surface area (Å²) < 4.78 is 5.53. The molecule has 0 fully saturated rings. The van der Waals surface area contributed by atoms with Crippen LogP contribution in [0.25, 0.3) is 0 Å². The number of hydrogen-bond donors (Lipinski definition) is 0. The maximum Gasteiger partial charge on any atom is 0.0741 e. The van der Waals surface area contributed by atoms with Crippen molar-refractivity contribution in [1.29, 1.82) is 0 Å². The summed E-state index contributed by atoms with van der Waals surface area (Å²) in [6.07, 6.45) is 3.67. The first-order valence-corrected chi connectivity index (χ1v) is 10.2. The number of hydrogen-bond acceptors (Lipinski definition) is 1. The van der Waals surface area contributed by atoms with Gasteiger partial charge in [-0.05, 0) is 6.42 Å². The van der Waals surface area contributed by atoms with Crippen LogP contribution in [0.4, 0.5) is 0 Å². The van der Waals surface area contributed by atoms with Crippen LogP contribution >= 0.6 is 0 Å². The molecule has 0 saturated carbocycles. The summed E-state index contributed by atoms with van der Waals surface area (Å²) in [7, 11) is -0.141. The minimum Gasteiger partial charge on any atom is -0.385 e. The maximum absolute atomic E-state index is 5.53. The van der Waals surface area contributed by atoms with E-state index in [1.165, 1.54) is 18.9 Å². The summed E-state index contributed by atoms with van der Waals surface area (Å²) in [5.74, 6) is 0. The molecule has 0 N–H and O–H groups in total. The second-order valence-corrected chi connectivity index (χ2v) is 9.54. The molecule has 0 aromatic rings. The van der Waals surface area contributed by atoms with Gasteiger partial charge in [0.15, 0.2) is 0 Å². The standard InChI is InChI=1S/C9H22OSi2/c1-11(2)8-6-5-7-10-9-12(3)4/h5-9H2,1-4H3. The monoisotopic (exact) mass is 202 g/mol. The Morgan fingerprint density at radius 1 is 0.917 bits per heavy atom. The Kier molecular flexibility index (Phi) is 8.28. The van der Waals surface area contributed by atoms with Crippen molar-refractivity contribution in [2.24, 2.45) is 0 Å². The molecule has 0 rings (SSSR count). The highest BCUT2D eigenvalue weighted by Crippen LogP contribution is 2.01. The largest absolute Gasteiger partial charge is 0.385 e. The molecular weight excluding hydrogens is 180 g/mol. The molecule has 0 aromatic carbocycles. The Labute approximate surface area is 80.7 Å². The fourth-order valence-corrected chi connectivity index (χ4v) is 2.47. The van der Waals surface area contributed by atoms with Crippen LogP contribution in [0, 0.1) is 0 Å². The van der Waals surface area contributed by atoms with Gasteiger partial charge in [0.1, 0.15) is 0 Å².